The second-order valence-electron chi connectivity index (χ2n) is 6.66. The molecule has 4 heteroatoms. The van der Waals surface area contributed by atoms with Gasteiger partial charge in [-0.2, -0.15) is 4.89 Å². The average Bonchev–Trinajstić information content (AvgIpc) is 2.32. The van der Waals surface area contributed by atoms with Crippen LogP contribution >= 0.6 is 0 Å². The van der Waals surface area contributed by atoms with Gasteiger partial charge in [0, 0.05) is 0 Å². The number of ether oxygens (including phenoxy) is 1. The zero-order valence-electron chi connectivity index (χ0n) is 13.1. The highest BCUT2D eigenvalue weighted by Gasteiger charge is 2.16. The lowest BCUT2D eigenvalue weighted by Crippen LogP contribution is -2.22. The molecule has 0 aliphatic carbocycles. The van der Waals surface area contributed by atoms with Crippen LogP contribution in [0.5, 0.6) is 0 Å². The van der Waals surface area contributed by atoms with Crippen molar-refractivity contribution >= 4 is 5.97 Å². The van der Waals surface area contributed by atoms with Crippen molar-refractivity contribution in [3.05, 3.63) is 35.4 Å². The minimum atomic E-state index is -0.518. The molecular weight excluding hydrogens is 256 g/mol. The molecule has 0 aliphatic rings. The molecule has 0 radical (unpaired) electrons. The first-order valence-corrected chi connectivity index (χ1v) is 6.70. The molecule has 0 fully saturated rings. The molecule has 0 spiro atoms. The van der Waals surface area contributed by atoms with Gasteiger partial charge in [-0.25, -0.2) is 4.79 Å². The molecule has 0 aromatic heterocycles. The van der Waals surface area contributed by atoms with Crippen LogP contribution in [0, 0.1) is 0 Å². The Bertz CT molecular complexity index is 435. The third-order valence-electron chi connectivity index (χ3n) is 2.23. The Balaban J connectivity index is 2.56. The summed E-state index contributed by atoms with van der Waals surface area (Å²) in [5, 5.41) is 0. The monoisotopic (exact) mass is 280 g/mol. The lowest BCUT2D eigenvalue weighted by molar-refractivity contribution is -0.301. The molecule has 0 saturated heterocycles. The van der Waals surface area contributed by atoms with Gasteiger partial charge in [0.15, 0.2) is 0 Å². The van der Waals surface area contributed by atoms with Gasteiger partial charge in [0.05, 0.1) is 17.8 Å². The molecule has 0 aliphatic heterocycles. The smallest absolute Gasteiger partial charge is 0.371 e. The maximum absolute atomic E-state index is 11.7. The molecule has 0 amide bonds. The first-order valence-electron chi connectivity index (χ1n) is 6.70. The summed E-state index contributed by atoms with van der Waals surface area (Å²) in [6, 6.07) is 7.10. The van der Waals surface area contributed by atoms with Crippen molar-refractivity contribution < 1.29 is 19.3 Å². The highest BCUT2D eigenvalue weighted by molar-refractivity contribution is 5.88. The van der Waals surface area contributed by atoms with Crippen LogP contribution in [0.3, 0.4) is 0 Å². The maximum atomic E-state index is 11.7. The highest BCUT2D eigenvalue weighted by Crippen LogP contribution is 2.14. The summed E-state index contributed by atoms with van der Waals surface area (Å²) in [4.78, 5) is 21.5. The van der Waals surface area contributed by atoms with E-state index in [0.717, 1.165) is 5.56 Å². The summed E-state index contributed by atoms with van der Waals surface area (Å²) in [5.74, 6) is -0.497. The SMILES string of the molecule is CC(C)(C)OCc1ccc(C(=O)OOC(C)(C)C)cc1. The Kier molecular flexibility index (Phi) is 5.31. The van der Waals surface area contributed by atoms with Gasteiger partial charge in [-0.15, -0.1) is 0 Å². The Hall–Kier alpha value is -1.39. The van der Waals surface area contributed by atoms with E-state index in [-0.39, 0.29) is 5.60 Å². The van der Waals surface area contributed by atoms with Gasteiger partial charge < -0.3 is 4.74 Å². The van der Waals surface area contributed by atoms with Gasteiger partial charge in [0.2, 0.25) is 0 Å². The second kappa shape index (κ2) is 6.37. The normalized spacial score (nSPS) is 12.3. The lowest BCUT2D eigenvalue weighted by atomic mass is 10.1. The number of rotatable bonds is 4. The van der Waals surface area contributed by atoms with E-state index in [2.05, 4.69) is 0 Å². The third kappa shape index (κ3) is 6.68. The Morgan fingerprint density at radius 3 is 1.95 bits per heavy atom. The van der Waals surface area contributed by atoms with E-state index in [4.69, 9.17) is 14.5 Å². The van der Waals surface area contributed by atoms with Crippen LogP contribution in [0.4, 0.5) is 0 Å². The molecule has 0 bridgehead atoms. The van der Waals surface area contributed by atoms with Crippen LogP contribution in [-0.4, -0.2) is 17.2 Å². The summed E-state index contributed by atoms with van der Waals surface area (Å²) in [6.07, 6.45) is 0. The predicted molar refractivity (Wildman–Crippen MR) is 77.2 cm³/mol. The molecule has 20 heavy (non-hydrogen) atoms. The highest BCUT2D eigenvalue weighted by atomic mass is 17.2. The first kappa shape index (κ1) is 16.7. The van der Waals surface area contributed by atoms with Crippen molar-refractivity contribution in [3.63, 3.8) is 0 Å². The fraction of sp³-hybridized carbons (Fsp3) is 0.562. The lowest BCUT2D eigenvalue weighted by Gasteiger charge is -2.19. The molecule has 0 N–H and O–H groups in total. The molecule has 0 atom stereocenters. The molecule has 1 aromatic rings. The molecule has 1 rings (SSSR count). The van der Waals surface area contributed by atoms with E-state index in [1.54, 1.807) is 12.1 Å². The Morgan fingerprint density at radius 1 is 0.950 bits per heavy atom. The van der Waals surface area contributed by atoms with Crippen molar-refractivity contribution in [3.8, 4) is 0 Å². The van der Waals surface area contributed by atoms with Crippen LogP contribution < -0.4 is 0 Å². The number of benzene rings is 1. The Labute approximate surface area is 121 Å². The topological polar surface area (TPSA) is 44.8 Å². The van der Waals surface area contributed by atoms with Gasteiger partial charge in [0.1, 0.15) is 5.60 Å². The van der Waals surface area contributed by atoms with Crippen molar-refractivity contribution in [1.82, 2.24) is 0 Å². The summed E-state index contributed by atoms with van der Waals surface area (Å²) >= 11 is 0. The Morgan fingerprint density at radius 2 is 1.50 bits per heavy atom. The second-order valence-corrected chi connectivity index (χ2v) is 6.66. The molecular formula is C16H24O4. The van der Waals surface area contributed by atoms with Crippen molar-refractivity contribution in [2.24, 2.45) is 0 Å². The largest absolute Gasteiger partial charge is 0.373 e. The maximum Gasteiger partial charge on any atom is 0.373 e. The third-order valence-corrected chi connectivity index (χ3v) is 2.23. The number of hydrogen-bond acceptors (Lipinski definition) is 4. The van der Waals surface area contributed by atoms with Gasteiger partial charge in [-0.05, 0) is 59.2 Å². The minimum Gasteiger partial charge on any atom is -0.371 e. The fourth-order valence-corrected chi connectivity index (χ4v) is 1.25. The molecule has 0 saturated carbocycles. The number of carbonyl (C=O) groups is 1. The summed E-state index contributed by atoms with van der Waals surface area (Å²) < 4.78 is 5.67. The van der Waals surface area contributed by atoms with E-state index in [9.17, 15) is 4.79 Å². The summed E-state index contributed by atoms with van der Waals surface area (Å²) in [6.45, 7) is 12.0. The van der Waals surface area contributed by atoms with E-state index in [1.807, 2.05) is 53.7 Å². The molecule has 4 nitrogen and oxygen atoms in total. The van der Waals surface area contributed by atoms with Crippen molar-refractivity contribution in [2.45, 2.75) is 59.4 Å². The minimum absolute atomic E-state index is 0.182. The molecule has 0 unspecified atom stereocenters. The average molecular weight is 280 g/mol. The van der Waals surface area contributed by atoms with E-state index < -0.39 is 11.6 Å². The van der Waals surface area contributed by atoms with Crippen molar-refractivity contribution in [1.29, 1.82) is 0 Å². The first-order chi connectivity index (χ1) is 9.07. The molecule has 1 aromatic carbocycles. The van der Waals surface area contributed by atoms with E-state index in [0.29, 0.717) is 12.2 Å². The molecule has 112 valence electrons. The summed E-state index contributed by atoms with van der Waals surface area (Å²) in [7, 11) is 0. The standard InChI is InChI=1S/C16H24O4/c1-15(2,3)18-11-12-7-9-13(10-8-12)14(17)19-20-16(4,5)6/h7-10H,11H2,1-6H3. The van der Waals surface area contributed by atoms with E-state index in [1.165, 1.54) is 0 Å². The van der Waals surface area contributed by atoms with Gasteiger partial charge >= 0.3 is 5.97 Å². The van der Waals surface area contributed by atoms with Gasteiger partial charge in [0.25, 0.3) is 0 Å². The van der Waals surface area contributed by atoms with E-state index >= 15 is 0 Å². The zero-order chi connectivity index (χ0) is 15.4. The van der Waals surface area contributed by atoms with Crippen LogP contribution in [-0.2, 0) is 21.1 Å². The fourth-order valence-electron chi connectivity index (χ4n) is 1.25. The van der Waals surface area contributed by atoms with Crippen LogP contribution in [0.2, 0.25) is 0 Å². The number of carbonyl (C=O) groups excluding carboxylic acids is 1. The van der Waals surface area contributed by atoms with Crippen molar-refractivity contribution in [2.75, 3.05) is 0 Å². The van der Waals surface area contributed by atoms with Gasteiger partial charge in [-0.3, -0.25) is 4.89 Å². The van der Waals surface area contributed by atoms with Gasteiger partial charge in [-0.1, -0.05) is 12.1 Å². The van der Waals surface area contributed by atoms with Crippen LogP contribution in [0.25, 0.3) is 0 Å². The quantitative estimate of drug-likeness (QED) is 0.620. The zero-order valence-corrected chi connectivity index (χ0v) is 13.1. The number of hydrogen-bond donors (Lipinski definition) is 0. The van der Waals surface area contributed by atoms with Crippen LogP contribution in [0.15, 0.2) is 24.3 Å². The summed E-state index contributed by atoms with van der Waals surface area (Å²) in [5.41, 5.74) is 0.760. The predicted octanol–water partition coefficient (Wildman–Crippen LogP) is 3.89. The molecule has 0 heterocycles. The van der Waals surface area contributed by atoms with Crippen LogP contribution in [0.1, 0.15) is 57.5 Å².